The Kier molecular flexibility index (Phi) is 6.84. The Morgan fingerprint density at radius 1 is 1.22 bits per heavy atom. The van der Waals surface area contributed by atoms with Crippen molar-refractivity contribution < 1.29 is 31.5 Å². The minimum Gasteiger partial charge on any atom is -0.377 e. The van der Waals surface area contributed by atoms with Crippen LogP contribution in [0.2, 0.25) is 0 Å². The number of rotatable bonds is 8. The Bertz CT molecular complexity index is 1590. The average Bonchev–Trinajstić information content (AvgIpc) is 3.33. The standard InChI is InChI=1S/C25H31F2N7O5S2/c1-14-9-32(10-15(2)34(14)23(35)25(38-4)5-6-25)17-7-16(41(36,37)31-24(3)12-39-13-24)11-33-18(17)8-28-20(33)22-30-29-21(40-22)19(26)27/h7-8,11,14-15,19,31H,5-6,9-10,12-13H2,1-4H3/t14-,15-/m0/s1. The average molecular weight is 612 g/mol. The van der Waals surface area contributed by atoms with Crippen LogP contribution in [-0.4, -0.2) is 95.4 Å². The highest BCUT2D eigenvalue weighted by atomic mass is 32.2. The number of alkyl halides is 2. The number of hydrogen-bond donors (Lipinski definition) is 1. The van der Waals surface area contributed by atoms with E-state index in [0.717, 1.165) is 0 Å². The van der Waals surface area contributed by atoms with Crippen LogP contribution in [0.4, 0.5) is 14.5 Å². The molecule has 5 heterocycles. The van der Waals surface area contributed by atoms with Gasteiger partial charge in [-0.1, -0.05) is 11.3 Å². The van der Waals surface area contributed by atoms with Gasteiger partial charge in [-0.25, -0.2) is 26.9 Å². The van der Waals surface area contributed by atoms with Gasteiger partial charge < -0.3 is 19.3 Å². The number of anilines is 1. The van der Waals surface area contributed by atoms with Crippen molar-refractivity contribution >= 4 is 38.5 Å². The molecule has 1 N–H and O–H groups in total. The smallest absolute Gasteiger partial charge is 0.291 e. The van der Waals surface area contributed by atoms with Gasteiger partial charge in [-0.2, -0.15) is 0 Å². The maximum Gasteiger partial charge on any atom is 0.291 e. The molecule has 1 aliphatic carbocycles. The number of hydrogen-bond acceptors (Lipinski definition) is 10. The van der Waals surface area contributed by atoms with E-state index in [4.69, 9.17) is 9.47 Å². The number of nitrogens with zero attached hydrogens (tertiary/aromatic N) is 6. The zero-order valence-corrected chi connectivity index (χ0v) is 24.6. The van der Waals surface area contributed by atoms with Gasteiger partial charge in [0.15, 0.2) is 15.8 Å². The van der Waals surface area contributed by atoms with Gasteiger partial charge in [0.1, 0.15) is 10.5 Å². The van der Waals surface area contributed by atoms with Crippen LogP contribution in [0.3, 0.4) is 0 Å². The fourth-order valence-corrected chi connectivity index (χ4v) is 7.74. The number of pyridine rings is 1. The largest absolute Gasteiger partial charge is 0.377 e. The van der Waals surface area contributed by atoms with Gasteiger partial charge in [0.25, 0.3) is 12.3 Å². The second-order valence-corrected chi connectivity index (χ2v) is 14.0. The molecule has 2 saturated heterocycles. The summed E-state index contributed by atoms with van der Waals surface area (Å²) in [6.07, 6.45) is 1.57. The number of carbonyl (C=O) groups excluding carboxylic acids is 1. The molecule has 16 heteroatoms. The zero-order chi connectivity index (χ0) is 29.3. The predicted octanol–water partition coefficient (Wildman–Crippen LogP) is 2.46. The third kappa shape index (κ3) is 4.88. The lowest BCUT2D eigenvalue weighted by molar-refractivity contribution is -0.149. The normalized spacial score (nSPS) is 23.7. The van der Waals surface area contributed by atoms with E-state index in [1.165, 1.54) is 6.20 Å². The highest BCUT2D eigenvalue weighted by Crippen LogP contribution is 2.42. The van der Waals surface area contributed by atoms with E-state index in [1.54, 1.807) is 30.7 Å². The molecule has 0 bridgehead atoms. The molecule has 0 unspecified atom stereocenters. The van der Waals surface area contributed by atoms with E-state index in [0.29, 0.717) is 48.5 Å². The van der Waals surface area contributed by atoms with Crippen LogP contribution in [0, 0.1) is 0 Å². The van der Waals surface area contributed by atoms with Crippen molar-refractivity contribution in [2.24, 2.45) is 0 Å². The fraction of sp³-hybridized carbons (Fsp3) is 0.600. The molecule has 3 aliphatic rings. The Labute approximate surface area is 239 Å². The predicted molar refractivity (Wildman–Crippen MR) is 146 cm³/mol. The molecule has 0 radical (unpaired) electrons. The van der Waals surface area contributed by atoms with Crippen molar-refractivity contribution in [3.05, 3.63) is 23.5 Å². The maximum absolute atomic E-state index is 13.6. The van der Waals surface area contributed by atoms with Crippen molar-refractivity contribution in [2.45, 2.75) is 68.2 Å². The van der Waals surface area contributed by atoms with Crippen molar-refractivity contribution in [1.82, 2.24) is 29.2 Å². The molecule has 41 heavy (non-hydrogen) atoms. The first-order valence-corrected chi connectivity index (χ1v) is 15.5. The van der Waals surface area contributed by atoms with Crippen LogP contribution in [0.1, 0.15) is 45.0 Å². The Morgan fingerprint density at radius 2 is 1.90 bits per heavy atom. The quantitative estimate of drug-likeness (QED) is 0.408. The van der Waals surface area contributed by atoms with Crippen LogP contribution in [0.25, 0.3) is 16.3 Å². The summed E-state index contributed by atoms with van der Waals surface area (Å²) in [4.78, 5) is 21.7. The summed E-state index contributed by atoms with van der Waals surface area (Å²) in [7, 11) is -2.46. The van der Waals surface area contributed by atoms with Crippen LogP contribution in [0.15, 0.2) is 23.4 Å². The van der Waals surface area contributed by atoms with Crippen LogP contribution < -0.4 is 9.62 Å². The minimum absolute atomic E-state index is 0.0268. The van der Waals surface area contributed by atoms with Crippen LogP contribution in [-0.2, 0) is 24.3 Å². The summed E-state index contributed by atoms with van der Waals surface area (Å²) < 4.78 is 68.7. The molecule has 1 amide bonds. The summed E-state index contributed by atoms with van der Waals surface area (Å²) in [6.45, 7) is 7.02. The van der Waals surface area contributed by atoms with E-state index >= 15 is 0 Å². The van der Waals surface area contributed by atoms with Crippen LogP contribution >= 0.6 is 11.3 Å². The molecule has 1 saturated carbocycles. The summed E-state index contributed by atoms with van der Waals surface area (Å²) >= 11 is 0.699. The lowest BCUT2D eigenvalue weighted by Crippen LogP contribution is -2.61. The number of piperazine rings is 1. The molecule has 2 aliphatic heterocycles. The summed E-state index contributed by atoms with van der Waals surface area (Å²) in [5, 5.41) is 7.15. The molecule has 3 aromatic rings. The molecule has 222 valence electrons. The molecule has 0 spiro atoms. The minimum atomic E-state index is -4.02. The first kappa shape index (κ1) is 28.3. The molecule has 2 atom stereocenters. The Morgan fingerprint density at radius 3 is 2.44 bits per heavy atom. The number of imidazole rings is 1. The van der Waals surface area contributed by atoms with Gasteiger partial charge in [-0.3, -0.25) is 9.20 Å². The van der Waals surface area contributed by atoms with Crippen molar-refractivity contribution in [2.75, 3.05) is 38.3 Å². The highest BCUT2D eigenvalue weighted by molar-refractivity contribution is 7.89. The van der Waals surface area contributed by atoms with E-state index in [2.05, 4.69) is 19.9 Å². The SMILES string of the molecule is COC1(C(=O)N2[C@@H](C)CN(c3cc(S(=O)(=O)NC4(C)COC4)cn4c(-c5nnc(C(F)F)s5)ncc34)C[C@@H]2C)CC1. The van der Waals surface area contributed by atoms with E-state index in [1.807, 2.05) is 23.6 Å². The third-order valence-corrected chi connectivity index (χ3v) is 10.5. The molecule has 0 aromatic carbocycles. The molecular weight excluding hydrogens is 580 g/mol. The van der Waals surface area contributed by atoms with E-state index in [-0.39, 0.29) is 46.9 Å². The highest BCUT2D eigenvalue weighted by Gasteiger charge is 2.54. The molecule has 3 fully saturated rings. The summed E-state index contributed by atoms with van der Waals surface area (Å²) in [6, 6.07) is 1.20. The topological polar surface area (TPSA) is 131 Å². The number of methoxy groups -OCH3 is 1. The Hall–Kier alpha value is -2.79. The van der Waals surface area contributed by atoms with Gasteiger partial charge in [0.2, 0.25) is 10.0 Å². The number of halogens is 2. The number of nitrogens with one attached hydrogen (secondary N) is 1. The monoisotopic (exact) mass is 611 g/mol. The number of carbonyl (C=O) groups is 1. The van der Waals surface area contributed by atoms with Crippen LogP contribution in [0.5, 0.6) is 0 Å². The second-order valence-electron chi connectivity index (χ2n) is 11.3. The molecular formula is C25H31F2N7O5S2. The van der Waals surface area contributed by atoms with Gasteiger partial charge in [0, 0.05) is 38.5 Å². The van der Waals surface area contributed by atoms with Crippen molar-refractivity contribution in [1.29, 1.82) is 0 Å². The van der Waals surface area contributed by atoms with Crippen molar-refractivity contribution in [3.8, 4) is 10.8 Å². The third-order valence-electron chi connectivity index (χ3n) is 7.92. The van der Waals surface area contributed by atoms with Gasteiger partial charge in [-0.05, 0) is 39.7 Å². The van der Waals surface area contributed by atoms with Crippen molar-refractivity contribution in [3.63, 3.8) is 0 Å². The zero-order valence-electron chi connectivity index (χ0n) is 23.0. The fourth-order valence-electron chi connectivity index (χ4n) is 5.65. The molecule has 3 aromatic heterocycles. The molecule has 6 rings (SSSR count). The lowest BCUT2D eigenvalue weighted by atomic mass is 10.0. The summed E-state index contributed by atoms with van der Waals surface area (Å²) in [5.74, 6) is 0.172. The molecule has 12 nitrogen and oxygen atoms in total. The lowest BCUT2D eigenvalue weighted by Gasteiger charge is -2.46. The number of sulfonamides is 1. The first-order chi connectivity index (χ1) is 19.4. The van der Waals surface area contributed by atoms with Gasteiger partial charge >= 0.3 is 0 Å². The number of amides is 1. The van der Waals surface area contributed by atoms with Gasteiger partial charge in [-0.15, -0.1) is 10.2 Å². The van der Waals surface area contributed by atoms with E-state index in [9.17, 15) is 22.0 Å². The number of ether oxygens (including phenoxy) is 2. The number of fused-ring (bicyclic) bond motifs is 1. The maximum atomic E-state index is 13.6. The second kappa shape index (κ2) is 9.90. The number of aromatic nitrogens is 4. The first-order valence-electron chi connectivity index (χ1n) is 13.2. The summed E-state index contributed by atoms with van der Waals surface area (Å²) in [5.41, 5.74) is -0.343. The van der Waals surface area contributed by atoms with E-state index < -0.39 is 32.6 Å². The Balaban J connectivity index is 1.41. The van der Waals surface area contributed by atoms with Gasteiger partial charge in [0.05, 0.1) is 36.2 Å².